The molecule has 0 aromatic heterocycles. The summed E-state index contributed by atoms with van der Waals surface area (Å²) in [4.78, 5) is 7.06. The van der Waals surface area contributed by atoms with Crippen LogP contribution in [-0.2, 0) is 4.74 Å². The fraction of sp³-hybridized carbons (Fsp3) is 0.542. The van der Waals surface area contributed by atoms with Crippen LogP contribution < -0.4 is 10.1 Å². The van der Waals surface area contributed by atoms with Gasteiger partial charge in [-0.15, -0.1) is 0 Å². The monoisotopic (exact) mass is 445 g/mol. The van der Waals surface area contributed by atoms with E-state index in [-0.39, 0.29) is 0 Å². The molecular formula is C24H36FN5O2. The smallest absolute Gasteiger partial charge is 0.264 e. The molecule has 0 amide bonds. The molecule has 0 bridgehead atoms. The summed E-state index contributed by atoms with van der Waals surface area (Å²) in [5, 5.41) is 11.7. The molecular weight excluding hydrogens is 409 g/mol. The normalized spacial score (nSPS) is 20.5. The van der Waals surface area contributed by atoms with E-state index < -0.39 is 5.85 Å². The average molecular weight is 446 g/mol. The molecule has 8 heteroatoms. The minimum absolute atomic E-state index is 0.432. The summed E-state index contributed by atoms with van der Waals surface area (Å²) in [7, 11) is 0. The highest BCUT2D eigenvalue weighted by molar-refractivity contribution is 5.91. The van der Waals surface area contributed by atoms with Crippen LogP contribution in [-0.4, -0.2) is 92.0 Å². The van der Waals surface area contributed by atoms with Gasteiger partial charge in [-0.1, -0.05) is 6.58 Å². The Morgan fingerprint density at radius 1 is 1.12 bits per heavy atom. The van der Waals surface area contributed by atoms with Crippen LogP contribution in [0.4, 0.5) is 10.1 Å². The number of benzene rings is 1. The predicted molar refractivity (Wildman–Crippen MR) is 127 cm³/mol. The molecule has 176 valence electrons. The lowest BCUT2D eigenvalue weighted by Gasteiger charge is -2.37. The van der Waals surface area contributed by atoms with Gasteiger partial charge < -0.3 is 19.7 Å². The number of ether oxygens (including phenoxy) is 2. The summed E-state index contributed by atoms with van der Waals surface area (Å²) in [6.45, 7) is 16.3. The SMILES string of the molecule is C=CC(C)(F)Oc1ccc(N/C(C)=C\C(=N)N2CCN(CCN3CCOCC3)CC2)cc1. The van der Waals surface area contributed by atoms with E-state index >= 15 is 0 Å². The van der Waals surface area contributed by atoms with Crippen molar-refractivity contribution in [3.05, 3.63) is 48.7 Å². The first kappa shape index (κ1) is 24.2. The number of allylic oxidation sites excluding steroid dienone is 1. The van der Waals surface area contributed by atoms with Gasteiger partial charge in [0.15, 0.2) is 0 Å². The molecule has 2 heterocycles. The molecule has 2 fully saturated rings. The molecule has 2 aliphatic rings. The zero-order valence-corrected chi connectivity index (χ0v) is 19.3. The highest BCUT2D eigenvalue weighted by Crippen LogP contribution is 2.23. The molecule has 3 rings (SSSR count). The topological polar surface area (TPSA) is 64.1 Å². The summed E-state index contributed by atoms with van der Waals surface area (Å²) in [6.07, 6.45) is 2.98. The second-order valence-corrected chi connectivity index (χ2v) is 8.44. The van der Waals surface area contributed by atoms with Crippen molar-refractivity contribution >= 4 is 11.5 Å². The second-order valence-electron chi connectivity index (χ2n) is 8.44. The van der Waals surface area contributed by atoms with Gasteiger partial charge in [-0.3, -0.25) is 15.2 Å². The third-order valence-corrected chi connectivity index (χ3v) is 5.78. The number of piperazine rings is 1. The van der Waals surface area contributed by atoms with Crippen LogP contribution in [0.2, 0.25) is 0 Å². The van der Waals surface area contributed by atoms with Crippen molar-refractivity contribution in [2.24, 2.45) is 0 Å². The molecule has 1 aromatic rings. The quantitative estimate of drug-likeness (QED) is 0.346. The Balaban J connectivity index is 1.41. The summed E-state index contributed by atoms with van der Waals surface area (Å²) in [5.41, 5.74) is 1.73. The van der Waals surface area contributed by atoms with Gasteiger partial charge in [-0.25, -0.2) is 0 Å². The zero-order chi connectivity index (χ0) is 23.0. The van der Waals surface area contributed by atoms with Crippen LogP contribution in [0.5, 0.6) is 5.75 Å². The van der Waals surface area contributed by atoms with Crippen LogP contribution in [0.15, 0.2) is 48.7 Å². The van der Waals surface area contributed by atoms with E-state index in [1.165, 1.54) is 6.92 Å². The molecule has 1 aromatic carbocycles. The van der Waals surface area contributed by atoms with Gasteiger partial charge in [0.25, 0.3) is 5.85 Å². The lowest BCUT2D eigenvalue weighted by atomic mass is 10.2. The zero-order valence-electron chi connectivity index (χ0n) is 19.3. The Labute approximate surface area is 191 Å². The number of morpholine rings is 1. The summed E-state index contributed by atoms with van der Waals surface area (Å²) in [5.74, 6) is -0.949. The Morgan fingerprint density at radius 3 is 2.31 bits per heavy atom. The maximum Gasteiger partial charge on any atom is 0.264 e. The van der Waals surface area contributed by atoms with Gasteiger partial charge >= 0.3 is 0 Å². The Kier molecular flexibility index (Phi) is 8.67. The van der Waals surface area contributed by atoms with E-state index in [0.717, 1.165) is 83.0 Å². The number of anilines is 1. The maximum absolute atomic E-state index is 13.9. The fourth-order valence-electron chi connectivity index (χ4n) is 3.76. The van der Waals surface area contributed by atoms with E-state index in [9.17, 15) is 4.39 Å². The Morgan fingerprint density at radius 2 is 1.72 bits per heavy atom. The Hall–Kier alpha value is -2.42. The highest BCUT2D eigenvalue weighted by atomic mass is 19.2. The first-order valence-corrected chi connectivity index (χ1v) is 11.3. The van der Waals surface area contributed by atoms with Crippen molar-refractivity contribution in [3.63, 3.8) is 0 Å². The summed E-state index contributed by atoms with van der Waals surface area (Å²) in [6, 6.07) is 7.06. The largest absolute Gasteiger partial charge is 0.455 e. The highest BCUT2D eigenvalue weighted by Gasteiger charge is 2.20. The molecule has 1 unspecified atom stereocenters. The molecule has 7 nitrogen and oxygen atoms in total. The lowest BCUT2D eigenvalue weighted by Crippen LogP contribution is -2.50. The number of amidine groups is 1. The van der Waals surface area contributed by atoms with Crippen molar-refractivity contribution in [2.75, 3.05) is 70.9 Å². The third kappa shape index (κ3) is 7.62. The van der Waals surface area contributed by atoms with Crippen LogP contribution in [0, 0.1) is 5.41 Å². The van der Waals surface area contributed by atoms with E-state index in [0.29, 0.717) is 11.6 Å². The summed E-state index contributed by atoms with van der Waals surface area (Å²) < 4.78 is 24.5. The number of hydrogen-bond acceptors (Lipinski definition) is 6. The number of rotatable bonds is 9. The fourth-order valence-corrected chi connectivity index (χ4v) is 3.76. The van der Waals surface area contributed by atoms with Crippen molar-refractivity contribution in [2.45, 2.75) is 19.7 Å². The maximum atomic E-state index is 13.9. The van der Waals surface area contributed by atoms with Gasteiger partial charge in [0.1, 0.15) is 11.6 Å². The van der Waals surface area contributed by atoms with Gasteiger partial charge in [-0.05, 0) is 43.3 Å². The second kappa shape index (κ2) is 11.4. The van der Waals surface area contributed by atoms with Crippen LogP contribution in [0.3, 0.4) is 0 Å². The molecule has 0 aliphatic carbocycles. The van der Waals surface area contributed by atoms with Gasteiger partial charge in [0, 0.05) is 70.7 Å². The molecule has 2 aliphatic heterocycles. The predicted octanol–water partition coefficient (Wildman–Crippen LogP) is 3.18. The number of halogens is 1. The number of nitrogens with one attached hydrogen (secondary N) is 2. The van der Waals surface area contributed by atoms with Crippen molar-refractivity contribution in [1.82, 2.24) is 14.7 Å². The number of alkyl halides is 1. The van der Waals surface area contributed by atoms with E-state index in [1.54, 1.807) is 12.1 Å². The van der Waals surface area contributed by atoms with E-state index in [2.05, 4.69) is 26.6 Å². The van der Waals surface area contributed by atoms with Crippen molar-refractivity contribution in [3.8, 4) is 5.75 Å². The first-order chi connectivity index (χ1) is 15.3. The van der Waals surface area contributed by atoms with Crippen molar-refractivity contribution in [1.29, 1.82) is 5.41 Å². The van der Waals surface area contributed by atoms with E-state index in [4.69, 9.17) is 14.9 Å². The van der Waals surface area contributed by atoms with Gasteiger partial charge in [-0.2, -0.15) is 4.39 Å². The van der Waals surface area contributed by atoms with E-state index in [1.807, 2.05) is 25.1 Å². The number of hydrogen-bond donors (Lipinski definition) is 2. The molecule has 0 spiro atoms. The lowest BCUT2D eigenvalue weighted by molar-refractivity contribution is 0.00403. The van der Waals surface area contributed by atoms with Gasteiger partial charge in [0.2, 0.25) is 0 Å². The van der Waals surface area contributed by atoms with Crippen LogP contribution in [0.25, 0.3) is 0 Å². The third-order valence-electron chi connectivity index (χ3n) is 5.78. The molecule has 2 saturated heterocycles. The van der Waals surface area contributed by atoms with Gasteiger partial charge in [0.05, 0.1) is 13.2 Å². The first-order valence-electron chi connectivity index (χ1n) is 11.3. The average Bonchev–Trinajstić information content (AvgIpc) is 2.80. The minimum Gasteiger partial charge on any atom is -0.455 e. The molecule has 0 saturated carbocycles. The van der Waals surface area contributed by atoms with Crippen molar-refractivity contribution < 1.29 is 13.9 Å². The van der Waals surface area contributed by atoms with Crippen LogP contribution >= 0.6 is 0 Å². The molecule has 0 radical (unpaired) electrons. The minimum atomic E-state index is -1.90. The van der Waals surface area contributed by atoms with Crippen LogP contribution in [0.1, 0.15) is 13.8 Å². The molecule has 1 atom stereocenters. The standard InChI is InChI=1S/C24H36FN5O2/c1-4-24(3,25)32-22-7-5-21(6-8-22)27-20(2)19-23(26)30-13-11-28(12-14-30)9-10-29-15-17-31-18-16-29/h4-8,19,26-27H,1,9-18H2,2-3H3/b20-19-,26-23?. The summed E-state index contributed by atoms with van der Waals surface area (Å²) >= 11 is 0. The molecule has 2 N–H and O–H groups in total. The molecule has 32 heavy (non-hydrogen) atoms. The Bertz CT molecular complexity index is 782. The number of nitrogens with zero attached hydrogens (tertiary/aromatic N) is 3.